The summed E-state index contributed by atoms with van der Waals surface area (Å²) in [5.74, 6) is 2.47. The molecular weight excluding hydrogens is 256 g/mol. The van der Waals surface area contributed by atoms with E-state index in [0.29, 0.717) is 12.1 Å². The molecule has 19 heavy (non-hydrogen) atoms. The summed E-state index contributed by atoms with van der Waals surface area (Å²) < 4.78 is 6.15. The van der Waals surface area contributed by atoms with Crippen LogP contribution in [0.1, 0.15) is 46.0 Å². The second-order valence-corrected chi connectivity index (χ2v) is 7.08. The van der Waals surface area contributed by atoms with Crippen LogP contribution in [0.15, 0.2) is 0 Å². The number of nitrogens with two attached hydrogens (primary N) is 1. The number of hydrogen-bond donors (Lipinski definition) is 1. The fourth-order valence-electron chi connectivity index (χ4n) is 3.72. The summed E-state index contributed by atoms with van der Waals surface area (Å²) >= 11 is 2.06. The molecule has 2 saturated heterocycles. The number of rotatable bonds is 6. The summed E-state index contributed by atoms with van der Waals surface area (Å²) in [6.45, 7) is 7.36. The largest absolute Gasteiger partial charge is 0.374 e. The van der Waals surface area contributed by atoms with Gasteiger partial charge in [0.15, 0.2) is 0 Å². The number of ether oxygens (including phenoxy) is 1. The molecule has 0 radical (unpaired) electrons. The van der Waals surface area contributed by atoms with Crippen LogP contribution in [0.4, 0.5) is 0 Å². The predicted octanol–water partition coefficient (Wildman–Crippen LogP) is 2.49. The van der Waals surface area contributed by atoms with Gasteiger partial charge in [0.1, 0.15) is 0 Å². The van der Waals surface area contributed by atoms with E-state index < -0.39 is 0 Å². The first kappa shape index (κ1) is 15.6. The minimum Gasteiger partial charge on any atom is -0.374 e. The first-order valence-corrected chi connectivity index (χ1v) is 9.07. The fraction of sp³-hybridized carbons (Fsp3) is 1.00. The lowest BCUT2D eigenvalue weighted by atomic mass is 9.88. The van der Waals surface area contributed by atoms with Crippen LogP contribution in [0.25, 0.3) is 0 Å². The third-order valence-corrected chi connectivity index (χ3v) is 6.02. The van der Waals surface area contributed by atoms with E-state index in [1.807, 2.05) is 0 Å². The van der Waals surface area contributed by atoms with Gasteiger partial charge in [-0.05, 0) is 37.9 Å². The molecule has 0 bridgehead atoms. The van der Waals surface area contributed by atoms with E-state index in [0.717, 1.165) is 19.7 Å². The Morgan fingerprint density at radius 3 is 2.79 bits per heavy atom. The van der Waals surface area contributed by atoms with Crippen molar-refractivity contribution < 1.29 is 4.74 Å². The highest BCUT2D eigenvalue weighted by Crippen LogP contribution is 2.40. The van der Waals surface area contributed by atoms with Crippen LogP contribution in [0.5, 0.6) is 0 Å². The molecule has 2 atom stereocenters. The van der Waals surface area contributed by atoms with Crippen LogP contribution < -0.4 is 5.73 Å². The minimum absolute atomic E-state index is 0.187. The van der Waals surface area contributed by atoms with Crippen molar-refractivity contribution in [3.63, 3.8) is 0 Å². The van der Waals surface area contributed by atoms with E-state index in [2.05, 4.69) is 30.5 Å². The second kappa shape index (κ2) is 7.30. The van der Waals surface area contributed by atoms with Crippen molar-refractivity contribution in [1.82, 2.24) is 4.90 Å². The Morgan fingerprint density at radius 2 is 2.21 bits per heavy atom. The molecule has 0 aromatic heterocycles. The van der Waals surface area contributed by atoms with Gasteiger partial charge in [0.25, 0.3) is 0 Å². The van der Waals surface area contributed by atoms with Crippen molar-refractivity contribution in [2.75, 3.05) is 31.2 Å². The van der Waals surface area contributed by atoms with Gasteiger partial charge in [-0.25, -0.2) is 0 Å². The summed E-state index contributed by atoms with van der Waals surface area (Å²) in [4.78, 5) is 2.69. The van der Waals surface area contributed by atoms with Crippen LogP contribution in [0, 0.1) is 0 Å². The molecule has 2 unspecified atom stereocenters. The molecule has 0 saturated carbocycles. The molecule has 0 aromatic rings. The van der Waals surface area contributed by atoms with Gasteiger partial charge in [-0.1, -0.05) is 13.8 Å². The monoisotopic (exact) mass is 286 g/mol. The molecule has 0 aromatic carbocycles. The van der Waals surface area contributed by atoms with Gasteiger partial charge in [0.05, 0.1) is 5.60 Å². The number of thioether (sulfide) groups is 1. The molecule has 2 rings (SSSR count). The zero-order valence-corrected chi connectivity index (χ0v) is 13.4. The highest BCUT2D eigenvalue weighted by atomic mass is 32.2. The summed E-state index contributed by atoms with van der Waals surface area (Å²) in [6.07, 6.45) is 6.11. The van der Waals surface area contributed by atoms with Crippen molar-refractivity contribution in [2.45, 2.75) is 63.6 Å². The van der Waals surface area contributed by atoms with Crippen molar-refractivity contribution in [3.05, 3.63) is 0 Å². The Bertz CT molecular complexity index is 265. The SMILES string of the molecule is CCC(CC)N(CCN)C1CCOC2(CCSC2)C1. The Labute approximate surface area is 122 Å². The van der Waals surface area contributed by atoms with Crippen molar-refractivity contribution in [2.24, 2.45) is 5.73 Å². The predicted molar refractivity (Wildman–Crippen MR) is 83.8 cm³/mol. The molecule has 3 nitrogen and oxygen atoms in total. The third kappa shape index (κ3) is 3.66. The van der Waals surface area contributed by atoms with Crippen molar-refractivity contribution >= 4 is 11.8 Å². The lowest BCUT2D eigenvalue weighted by Gasteiger charge is -2.45. The van der Waals surface area contributed by atoms with Gasteiger partial charge in [-0.3, -0.25) is 4.90 Å². The summed E-state index contributed by atoms with van der Waals surface area (Å²) in [5.41, 5.74) is 6.04. The maximum absolute atomic E-state index is 6.15. The van der Waals surface area contributed by atoms with Crippen LogP contribution in [-0.4, -0.2) is 53.8 Å². The Hall–Kier alpha value is 0.230. The molecule has 4 heteroatoms. The Morgan fingerprint density at radius 1 is 1.42 bits per heavy atom. The van der Waals surface area contributed by atoms with Gasteiger partial charge in [-0.15, -0.1) is 0 Å². The highest BCUT2D eigenvalue weighted by molar-refractivity contribution is 7.99. The second-order valence-electron chi connectivity index (χ2n) is 5.98. The lowest BCUT2D eigenvalue weighted by Crippen LogP contribution is -2.53. The molecule has 2 aliphatic rings. The topological polar surface area (TPSA) is 38.5 Å². The van der Waals surface area contributed by atoms with Crippen LogP contribution in [0.2, 0.25) is 0 Å². The van der Waals surface area contributed by atoms with Gasteiger partial charge in [-0.2, -0.15) is 11.8 Å². The average Bonchev–Trinajstić information content (AvgIpc) is 2.87. The van der Waals surface area contributed by atoms with Crippen molar-refractivity contribution in [3.8, 4) is 0 Å². The molecule has 112 valence electrons. The molecular formula is C15H30N2OS. The zero-order chi connectivity index (χ0) is 13.7. The van der Waals surface area contributed by atoms with E-state index in [1.165, 1.54) is 43.6 Å². The molecule has 2 heterocycles. The normalized spacial score (nSPS) is 31.7. The molecule has 1 spiro atoms. The molecule has 2 fully saturated rings. The fourth-order valence-corrected chi connectivity index (χ4v) is 5.10. The smallest absolute Gasteiger partial charge is 0.0795 e. The first-order chi connectivity index (χ1) is 9.24. The zero-order valence-electron chi connectivity index (χ0n) is 12.6. The third-order valence-electron chi connectivity index (χ3n) is 4.80. The molecule has 2 aliphatic heterocycles. The van der Waals surface area contributed by atoms with E-state index in [1.54, 1.807) is 0 Å². The summed E-state index contributed by atoms with van der Waals surface area (Å²) in [6, 6.07) is 1.37. The Balaban J connectivity index is 2.03. The number of hydrogen-bond acceptors (Lipinski definition) is 4. The van der Waals surface area contributed by atoms with E-state index >= 15 is 0 Å². The van der Waals surface area contributed by atoms with Crippen LogP contribution >= 0.6 is 11.8 Å². The maximum atomic E-state index is 6.15. The molecule has 0 amide bonds. The lowest BCUT2D eigenvalue weighted by molar-refractivity contribution is -0.0952. The maximum Gasteiger partial charge on any atom is 0.0795 e. The Kier molecular flexibility index (Phi) is 6.00. The van der Waals surface area contributed by atoms with Gasteiger partial charge >= 0.3 is 0 Å². The van der Waals surface area contributed by atoms with Gasteiger partial charge in [0.2, 0.25) is 0 Å². The van der Waals surface area contributed by atoms with E-state index in [9.17, 15) is 0 Å². The van der Waals surface area contributed by atoms with E-state index in [-0.39, 0.29) is 5.60 Å². The summed E-state index contributed by atoms with van der Waals surface area (Å²) in [5, 5.41) is 0. The van der Waals surface area contributed by atoms with Gasteiger partial charge < -0.3 is 10.5 Å². The average molecular weight is 286 g/mol. The number of nitrogens with zero attached hydrogens (tertiary/aromatic N) is 1. The minimum atomic E-state index is 0.187. The molecule has 0 aliphatic carbocycles. The standard InChI is InChI=1S/C15H30N2OS/c1-3-13(4-2)17(8-7-16)14-5-9-18-15(11-14)6-10-19-12-15/h13-14H,3-12,16H2,1-2H3. The quantitative estimate of drug-likeness (QED) is 0.814. The molecule has 2 N–H and O–H groups in total. The van der Waals surface area contributed by atoms with E-state index in [4.69, 9.17) is 10.5 Å². The van der Waals surface area contributed by atoms with Gasteiger partial charge in [0, 0.05) is 37.5 Å². The first-order valence-electron chi connectivity index (χ1n) is 7.92. The summed E-state index contributed by atoms with van der Waals surface area (Å²) in [7, 11) is 0. The highest BCUT2D eigenvalue weighted by Gasteiger charge is 2.42. The van der Waals surface area contributed by atoms with Crippen molar-refractivity contribution in [1.29, 1.82) is 0 Å². The van der Waals surface area contributed by atoms with Crippen LogP contribution in [0.3, 0.4) is 0 Å². The van der Waals surface area contributed by atoms with Crippen LogP contribution in [-0.2, 0) is 4.74 Å².